The molecule has 1 fully saturated rings. The number of primary sulfonamides is 1. The highest BCUT2D eigenvalue weighted by Crippen LogP contribution is 2.28. The molecule has 1 amide bonds. The highest BCUT2D eigenvalue weighted by Gasteiger charge is 2.36. The van der Waals surface area contributed by atoms with E-state index in [4.69, 9.17) is 14.3 Å². The lowest BCUT2D eigenvalue weighted by Gasteiger charge is -2.40. The predicted octanol–water partition coefficient (Wildman–Crippen LogP) is 2.41. The number of rotatable bonds is 10. The molecule has 0 aromatic carbocycles. The molecule has 1 aromatic rings. The van der Waals surface area contributed by atoms with Gasteiger partial charge in [-0.05, 0) is 12.8 Å². The molecule has 0 bridgehead atoms. The number of hydrogen-bond acceptors (Lipinski definition) is 5. The topological polar surface area (TPSA) is 103 Å². The van der Waals surface area contributed by atoms with Crippen LogP contribution < -0.4 is 9.88 Å². The molecule has 1 aliphatic rings. The van der Waals surface area contributed by atoms with Gasteiger partial charge >= 0.3 is 0 Å². The van der Waals surface area contributed by atoms with Gasteiger partial charge in [0.1, 0.15) is 18.6 Å². The van der Waals surface area contributed by atoms with E-state index in [2.05, 4.69) is 20.8 Å². The first kappa shape index (κ1) is 20.8. The minimum Gasteiger partial charge on any atom is -0.488 e. The molecule has 0 radical (unpaired) electrons. The maximum absolute atomic E-state index is 11.8. The van der Waals surface area contributed by atoms with Crippen molar-refractivity contribution in [1.29, 1.82) is 0 Å². The van der Waals surface area contributed by atoms with Crippen molar-refractivity contribution >= 4 is 15.9 Å². The zero-order valence-electron chi connectivity index (χ0n) is 15.9. The van der Waals surface area contributed by atoms with Crippen LogP contribution in [0.4, 0.5) is 0 Å². The summed E-state index contributed by atoms with van der Waals surface area (Å²) >= 11 is 0. The van der Waals surface area contributed by atoms with Crippen LogP contribution in [0.25, 0.3) is 0 Å². The van der Waals surface area contributed by atoms with Gasteiger partial charge in [-0.15, -0.1) is 0 Å². The summed E-state index contributed by atoms with van der Waals surface area (Å²) in [6, 6.07) is 2.00. The summed E-state index contributed by atoms with van der Waals surface area (Å²) < 4.78 is 33.0. The van der Waals surface area contributed by atoms with Crippen molar-refractivity contribution in [2.45, 2.75) is 64.3 Å². The Hall–Kier alpha value is -1.54. The van der Waals surface area contributed by atoms with Crippen LogP contribution in [-0.4, -0.2) is 44.2 Å². The van der Waals surface area contributed by atoms with Gasteiger partial charge in [-0.3, -0.25) is 4.79 Å². The van der Waals surface area contributed by atoms with Gasteiger partial charge in [-0.1, -0.05) is 33.6 Å². The lowest BCUT2D eigenvalue weighted by atomic mass is 9.93. The predicted molar refractivity (Wildman–Crippen MR) is 99.5 cm³/mol. The van der Waals surface area contributed by atoms with Crippen LogP contribution in [0.3, 0.4) is 0 Å². The van der Waals surface area contributed by atoms with E-state index in [0.29, 0.717) is 31.7 Å². The van der Waals surface area contributed by atoms with Gasteiger partial charge in [-0.2, -0.15) is 0 Å². The van der Waals surface area contributed by atoms with Gasteiger partial charge in [0.2, 0.25) is 15.9 Å². The summed E-state index contributed by atoms with van der Waals surface area (Å²) in [6.07, 6.45) is 5.21. The van der Waals surface area contributed by atoms with E-state index >= 15 is 0 Å². The van der Waals surface area contributed by atoms with Crippen LogP contribution in [0, 0.1) is 0 Å². The summed E-state index contributed by atoms with van der Waals surface area (Å²) in [7, 11) is -3.37. The Labute approximate surface area is 155 Å². The summed E-state index contributed by atoms with van der Waals surface area (Å²) in [6.45, 7) is 7.36. The van der Waals surface area contributed by atoms with Gasteiger partial charge in [0.05, 0.1) is 18.2 Å². The average molecular weight is 387 g/mol. The van der Waals surface area contributed by atoms with Crippen molar-refractivity contribution < 1.29 is 22.4 Å². The Kier molecular flexibility index (Phi) is 6.74. The monoisotopic (exact) mass is 386 g/mol. The molecule has 0 saturated carbocycles. The molecule has 1 saturated heterocycles. The molecule has 148 valence electrons. The van der Waals surface area contributed by atoms with Gasteiger partial charge in [0.15, 0.2) is 5.75 Å². The maximum atomic E-state index is 11.8. The first-order valence-corrected chi connectivity index (χ1v) is 10.8. The van der Waals surface area contributed by atoms with Crippen LogP contribution in [0.1, 0.15) is 58.6 Å². The van der Waals surface area contributed by atoms with E-state index < -0.39 is 10.0 Å². The molecule has 2 N–H and O–H groups in total. The molecule has 2 rings (SSSR count). The van der Waals surface area contributed by atoms with Crippen molar-refractivity contribution in [3.8, 4) is 5.75 Å². The van der Waals surface area contributed by atoms with Crippen LogP contribution in [0.15, 0.2) is 16.7 Å². The molecule has 2 heterocycles. The fourth-order valence-electron chi connectivity index (χ4n) is 2.90. The molecule has 0 spiro atoms. The molecule has 8 heteroatoms. The lowest BCUT2D eigenvalue weighted by Crippen LogP contribution is -2.55. The first-order valence-electron chi connectivity index (χ1n) is 9.08. The van der Waals surface area contributed by atoms with E-state index in [1.54, 1.807) is 6.26 Å². The quantitative estimate of drug-likeness (QED) is 0.491. The molecule has 1 aliphatic heterocycles. The van der Waals surface area contributed by atoms with Crippen LogP contribution in [0.5, 0.6) is 5.75 Å². The summed E-state index contributed by atoms with van der Waals surface area (Å²) in [5.41, 5.74) is -0.0662. The van der Waals surface area contributed by atoms with Crippen LogP contribution in [0.2, 0.25) is 0 Å². The maximum Gasteiger partial charge on any atom is 0.225 e. The molecule has 26 heavy (non-hydrogen) atoms. The highest BCUT2D eigenvalue weighted by molar-refractivity contribution is 7.89. The standard InChI is InChI=1S/C18H30N2O5S/c1-18(2,3)16-11-15(13-25-16)24-12-14-10-17(21)20(14)8-6-4-5-7-9-26(19,22)23/h11,13-14H,4-10,12H2,1-3H3,(H2,19,22,23)/t14-/m1/s1. The fraction of sp³-hybridized carbons (Fsp3) is 0.722. The van der Waals surface area contributed by atoms with E-state index in [1.165, 1.54) is 0 Å². The second kappa shape index (κ2) is 8.43. The number of furan rings is 1. The molecule has 0 unspecified atom stereocenters. The molecule has 1 aromatic heterocycles. The largest absolute Gasteiger partial charge is 0.488 e. The Morgan fingerprint density at radius 2 is 1.96 bits per heavy atom. The van der Waals surface area contributed by atoms with E-state index in [-0.39, 0.29) is 23.1 Å². The second-order valence-electron chi connectivity index (χ2n) is 7.93. The zero-order valence-corrected chi connectivity index (χ0v) is 16.7. The number of carbonyl (C=O) groups excluding carboxylic acids is 1. The number of hydrogen-bond donors (Lipinski definition) is 1. The number of β-lactam (4-membered cyclic amide) rings is 1. The fourth-order valence-corrected chi connectivity index (χ4v) is 3.50. The van der Waals surface area contributed by atoms with Crippen LogP contribution in [-0.2, 0) is 20.2 Å². The van der Waals surface area contributed by atoms with Crippen LogP contribution >= 0.6 is 0 Å². The number of unbranched alkanes of at least 4 members (excludes halogenated alkanes) is 3. The third kappa shape index (κ3) is 6.32. The number of nitrogens with two attached hydrogens (primary N) is 1. The van der Waals surface area contributed by atoms with Gasteiger partial charge in [-0.25, -0.2) is 13.6 Å². The Morgan fingerprint density at radius 3 is 2.54 bits per heavy atom. The number of likely N-dealkylation sites (tertiary alicyclic amines) is 1. The number of ether oxygens (including phenoxy) is 1. The number of nitrogens with zero attached hydrogens (tertiary/aromatic N) is 1. The van der Waals surface area contributed by atoms with Crippen molar-refractivity contribution in [3.05, 3.63) is 18.1 Å². The molecular formula is C18H30N2O5S. The minimum absolute atomic E-state index is 0.0212. The van der Waals surface area contributed by atoms with Crippen molar-refractivity contribution in [2.24, 2.45) is 5.14 Å². The van der Waals surface area contributed by atoms with E-state index in [9.17, 15) is 13.2 Å². The lowest BCUT2D eigenvalue weighted by molar-refractivity contribution is -0.147. The Balaban J connectivity index is 1.67. The first-order chi connectivity index (χ1) is 12.1. The SMILES string of the molecule is CC(C)(C)c1cc(OC[C@H]2CC(=O)N2CCCCCCS(N)(=O)=O)co1. The minimum atomic E-state index is -3.37. The number of sulfonamides is 1. The highest BCUT2D eigenvalue weighted by atomic mass is 32.2. The average Bonchev–Trinajstić information content (AvgIpc) is 2.98. The molecule has 1 atom stereocenters. The van der Waals surface area contributed by atoms with E-state index in [1.807, 2.05) is 11.0 Å². The molecule has 0 aliphatic carbocycles. The smallest absolute Gasteiger partial charge is 0.225 e. The summed E-state index contributed by atoms with van der Waals surface area (Å²) in [5, 5.41) is 4.97. The summed E-state index contributed by atoms with van der Waals surface area (Å²) in [5.74, 6) is 1.73. The molecular weight excluding hydrogens is 356 g/mol. The Bertz CT molecular complexity index is 705. The number of carbonyl (C=O) groups is 1. The van der Waals surface area contributed by atoms with Gasteiger partial charge in [0.25, 0.3) is 0 Å². The Morgan fingerprint density at radius 1 is 1.27 bits per heavy atom. The van der Waals surface area contributed by atoms with Crippen molar-refractivity contribution in [1.82, 2.24) is 4.90 Å². The summed E-state index contributed by atoms with van der Waals surface area (Å²) in [4.78, 5) is 13.6. The second-order valence-corrected chi connectivity index (χ2v) is 9.67. The van der Waals surface area contributed by atoms with Gasteiger partial charge in [0, 0.05) is 18.0 Å². The third-order valence-corrected chi connectivity index (χ3v) is 5.36. The normalized spacial score (nSPS) is 18.1. The van der Waals surface area contributed by atoms with E-state index in [0.717, 1.165) is 25.0 Å². The third-order valence-electron chi connectivity index (χ3n) is 4.51. The number of amides is 1. The zero-order chi connectivity index (χ0) is 19.4. The van der Waals surface area contributed by atoms with Crippen molar-refractivity contribution in [2.75, 3.05) is 18.9 Å². The van der Waals surface area contributed by atoms with Gasteiger partial charge < -0.3 is 14.1 Å². The van der Waals surface area contributed by atoms with Crippen molar-refractivity contribution in [3.63, 3.8) is 0 Å². The molecule has 7 nitrogen and oxygen atoms in total.